The van der Waals surface area contributed by atoms with E-state index in [1.165, 1.54) is 12.1 Å². The van der Waals surface area contributed by atoms with Gasteiger partial charge in [-0.1, -0.05) is 31.2 Å². The van der Waals surface area contributed by atoms with Gasteiger partial charge in [0.2, 0.25) is 0 Å². The Morgan fingerprint density at radius 3 is 2.14 bits per heavy atom. The van der Waals surface area contributed by atoms with Gasteiger partial charge < -0.3 is 5.73 Å². The minimum absolute atomic E-state index is 0.0320. The first-order chi connectivity index (χ1) is 6.45. The maximum atomic E-state index is 12.8. The third-order valence-electron chi connectivity index (χ3n) is 2.29. The van der Waals surface area contributed by atoms with E-state index in [1.54, 1.807) is 12.1 Å². The Hall–Kier alpha value is -0.960. The molecule has 1 rings (SSSR count). The smallest absolute Gasteiger partial charge is 0.270 e. The van der Waals surface area contributed by atoms with E-state index in [1.807, 2.05) is 6.92 Å². The molecule has 0 bridgehead atoms. The summed E-state index contributed by atoms with van der Waals surface area (Å²) in [6.45, 7) is 2.86. The fourth-order valence-corrected chi connectivity index (χ4v) is 1.26. The van der Waals surface area contributed by atoms with Crippen molar-refractivity contribution in [3.63, 3.8) is 0 Å². The number of hydrogen-bond donors (Lipinski definition) is 1. The van der Waals surface area contributed by atoms with Gasteiger partial charge in [0, 0.05) is 18.5 Å². The van der Waals surface area contributed by atoms with Gasteiger partial charge in [0.15, 0.2) is 0 Å². The highest BCUT2D eigenvalue weighted by molar-refractivity contribution is 5.27. The summed E-state index contributed by atoms with van der Waals surface area (Å²) in [6.07, 6.45) is 0.807. The summed E-state index contributed by atoms with van der Waals surface area (Å²) >= 11 is 0. The van der Waals surface area contributed by atoms with Crippen LogP contribution in [0.2, 0.25) is 0 Å². The third kappa shape index (κ3) is 2.51. The fraction of sp³-hybridized carbons (Fsp3) is 0.455. The van der Waals surface area contributed by atoms with Crippen LogP contribution < -0.4 is 5.73 Å². The Bertz CT molecular complexity index is 287. The van der Waals surface area contributed by atoms with Crippen molar-refractivity contribution in [2.24, 2.45) is 5.73 Å². The van der Waals surface area contributed by atoms with Gasteiger partial charge in [-0.3, -0.25) is 0 Å². The molecule has 3 heteroatoms. The summed E-state index contributed by atoms with van der Waals surface area (Å²) in [5.41, 5.74) is 6.70. The molecule has 0 aliphatic rings. The van der Waals surface area contributed by atoms with Crippen molar-refractivity contribution in [2.75, 3.05) is 0 Å². The average molecular weight is 199 g/mol. The summed E-state index contributed by atoms with van der Waals surface area (Å²) in [7, 11) is 0. The second-order valence-electron chi connectivity index (χ2n) is 3.53. The lowest BCUT2D eigenvalue weighted by Crippen LogP contribution is -2.10. The highest BCUT2D eigenvalue weighted by Gasteiger charge is 2.23. The van der Waals surface area contributed by atoms with Gasteiger partial charge in [0.05, 0.1) is 0 Å². The van der Waals surface area contributed by atoms with Crippen LogP contribution in [-0.4, -0.2) is 0 Å². The topological polar surface area (TPSA) is 26.0 Å². The summed E-state index contributed by atoms with van der Waals surface area (Å²) in [6, 6.07) is 6.15. The van der Waals surface area contributed by atoms with Gasteiger partial charge in [-0.25, -0.2) is 8.78 Å². The van der Waals surface area contributed by atoms with Crippen molar-refractivity contribution in [2.45, 2.75) is 32.2 Å². The van der Waals surface area contributed by atoms with Crippen LogP contribution in [0.1, 0.15) is 37.4 Å². The lowest BCUT2D eigenvalue weighted by Gasteiger charge is -2.13. The second kappa shape index (κ2) is 4.05. The number of halogens is 2. The molecule has 0 heterocycles. The van der Waals surface area contributed by atoms with Crippen LogP contribution in [-0.2, 0) is 5.92 Å². The Kier molecular flexibility index (Phi) is 3.21. The SMILES string of the molecule is CC[C@H](N)c1ccc(C(C)(F)F)cc1. The zero-order valence-electron chi connectivity index (χ0n) is 8.43. The predicted molar refractivity (Wildman–Crippen MR) is 53.2 cm³/mol. The molecule has 0 radical (unpaired) electrons. The standard InChI is InChI=1S/C11H15F2N/c1-3-10(14)8-4-6-9(7-5-8)11(2,12)13/h4-7,10H,3,14H2,1-2H3/t10-/m0/s1. The third-order valence-corrected chi connectivity index (χ3v) is 2.29. The quantitative estimate of drug-likeness (QED) is 0.794. The molecule has 14 heavy (non-hydrogen) atoms. The lowest BCUT2D eigenvalue weighted by atomic mass is 10.0. The first-order valence-electron chi connectivity index (χ1n) is 4.69. The number of alkyl halides is 2. The molecule has 1 aromatic rings. The molecule has 2 N–H and O–H groups in total. The van der Waals surface area contributed by atoms with E-state index in [0.29, 0.717) is 0 Å². The first-order valence-corrected chi connectivity index (χ1v) is 4.69. The van der Waals surface area contributed by atoms with E-state index in [9.17, 15) is 8.78 Å². The molecule has 78 valence electrons. The molecular formula is C11H15F2N. The van der Waals surface area contributed by atoms with Crippen LogP contribution in [0.4, 0.5) is 8.78 Å². The van der Waals surface area contributed by atoms with Crippen molar-refractivity contribution >= 4 is 0 Å². The van der Waals surface area contributed by atoms with Gasteiger partial charge in [0.25, 0.3) is 5.92 Å². The van der Waals surface area contributed by atoms with E-state index in [2.05, 4.69) is 0 Å². The Labute approximate surface area is 82.9 Å². The molecule has 0 aliphatic heterocycles. The zero-order valence-corrected chi connectivity index (χ0v) is 8.43. The summed E-state index contributed by atoms with van der Waals surface area (Å²) < 4.78 is 25.7. The molecule has 0 saturated heterocycles. The van der Waals surface area contributed by atoms with Crippen molar-refractivity contribution in [3.05, 3.63) is 35.4 Å². The molecule has 0 aliphatic carbocycles. The predicted octanol–water partition coefficient (Wildman–Crippen LogP) is 3.21. The first kappa shape index (κ1) is 11.1. The molecule has 0 aromatic heterocycles. The van der Waals surface area contributed by atoms with E-state index in [4.69, 9.17) is 5.73 Å². The van der Waals surface area contributed by atoms with Crippen LogP contribution >= 0.6 is 0 Å². The molecule has 0 saturated carbocycles. The number of nitrogens with two attached hydrogens (primary N) is 1. The van der Waals surface area contributed by atoms with Crippen LogP contribution in [0, 0.1) is 0 Å². The molecule has 0 unspecified atom stereocenters. The molecule has 0 amide bonds. The number of benzene rings is 1. The van der Waals surface area contributed by atoms with E-state index < -0.39 is 5.92 Å². The molecule has 0 fully saturated rings. The lowest BCUT2D eigenvalue weighted by molar-refractivity contribution is 0.0174. The van der Waals surface area contributed by atoms with Gasteiger partial charge in [-0.2, -0.15) is 0 Å². The second-order valence-corrected chi connectivity index (χ2v) is 3.53. The minimum Gasteiger partial charge on any atom is -0.324 e. The van der Waals surface area contributed by atoms with Crippen LogP contribution in [0.5, 0.6) is 0 Å². The van der Waals surface area contributed by atoms with Crippen molar-refractivity contribution in [3.8, 4) is 0 Å². The van der Waals surface area contributed by atoms with E-state index in [0.717, 1.165) is 18.9 Å². The maximum Gasteiger partial charge on any atom is 0.270 e. The number of hydrogen-bond acceptors (Lipinski definition) is 1. The van der Waals surface area contributed by atoms with Gasteiger partial charge in [-0.05, 0) is 12.0 Å². The Morgan fingerprint density at radius 1 is 1.29 bits per heavy atom. The normalized spacial score (nSPS) is 14.1. The molecule has 1 atom stereocenters. The molecule has 1 aromatic carbocycles. The molecule has 1 nitrogen and oxygen atoms in total. The van der Waals surface area contributed by atoms with Gasteiger partial charge in [-0.15, -0.1) is 0 Å². The minimum atomic E-state index is -2.77. The summed E-state index contributed by atoms with van der Waals surface area (Å²) in [5, 5.41) is 0. The largest absolute Gasteiger partial charge is 0.324 e. The van der Waals surface area contributed by atoms with Crippen LogP contribution in [0.15, 0.2) is 24.3 Å². The van der Waals surface area contributed by atoms with Crippen LogP contribution in [0.3, 0.4) is 0 Å². The highest BCUT2D eigenvalue weighted by Crippen LogP contribution is 2.27. The zero-order chi connectivity index (χ0) is 10.8. The number of rotatable bonds is 3. The average Bonchev–Trinajstić information content (AvgIpc) is 2.15. The molecular weight excluding hydrogens is 184 g/mol. The monoisotopic (exact) mass is 199 g/mol. The molecule has 0 spiro atoms. The van der Waals surface area contributed by atoms with Gasteiger partial charge in [0.1, 0.15) is 0 Å². The summed E-state index contributed by atoms with van der Waals surface area (Å²) in [5.74, 6) is -2.77. The Morgan fingerprint density at radius 2 is 1.79 bits per heavy atom. The summed E-state index contributed by atoms with van der Waals surface area (Å²) in [4.78, 5) is 0. The Balaban J connectivity index is 2.89. The van der Waals surface area contributed by atoms with Crippen molar-refractivity contribution in [1.29, 1.82) is 0 Å². The highest BCUT2D eigenvalue weighted by atomic mass is 19.3. The van der Waals surface area contributed by atoms with Crippen molar-refractivity contribution < 1.29 is 8.78 Å². The maximum absolute atomic E-state index is 12.8. The van der Waals surface area contributed by atoms with Crippen molar-refractivity contribution in [1.82, 2.24) is 0 Å². The van der Waals surface area contributed by atoms with Crippen LogP contribution in [0.25, 0.3) is 0 Å². The van der Waals surface area contributed by atoms with E-state index in [-0.39, 0.29) is 11.6 Å². The fourth-order valence-electron chi connectivity index (χ4n) is 1.26. The van der Waals surface area contributed by atoms with Gasteiger partial charge >= 0.3 is 0 Å². The van der Waals surface area contributed by atoms with E-state index >= 15 is 0 Å².